The normalized spacial score (nSPS) is 10.9. The van der Waals surface area contributed by atoms with Gasteiger partial charge in [-0.3, -0.25) is 0 Å². The first-order valence-electron chi connectivity index (χ1n) is 8.89. The summed E-state index contributed by atoms with van der Waals surface area (Å²) >= 11 is -1.83. The van der Waals surface area contributed by atoms with Crippen LogP contribution in [0.5, 0.6) is 0 Å². The summed E-state index contributed by atoms with van der Waals surface area (Å²) in [5, 5.41) is 14.2. The maximum absolute atomic E-state index is 10.6. The number of carboxylic acids is 2. The summed E-state index contributed by atoms with van der Waals surface area (Å²) < 4.78 is 68.0. The van der Waals surface area contributed by atoms with Crippen LogP contribution < -0.4 is 10.5 Å². The van der Waals surface area contributed by atoms with Crippen molar-refractivity contribution in [3.8, 4) is 0 Å². The second-order valence-electron chi connectivity index (χ2n) is 5.95. The van der Waals surface area contributed by atoms with Crippen LogP contribution in [0.15, 0.2) is 91.0 Å². The van der Waals surface area contributed by atoms with Gasteiger partial charge in [0.15, 0.2) is 0 Å². The van der Waals surface area contributed by atoms with E-state index in [9.17, 15) is 26.3 Å². The summed E-state index contributed by atoms with van der Waals surface area (Å²) in [5.74, 6) is -5.51. The third-order valence-corrected chi connectivity index (χ3v) is 10.5. The summed E-state index contributed by atoms with van der Waals surface area (Å²) in [5.41, 5.74) is 0. The van der Waals surface area contributed by atoms with Crippen molar-refractivity contribution in [1.82, 2.24) is 0 Å². The molecule has 0 aliphatic heterocycles. The molecule has 3 rings (SSSR count). The van der Waals surface area contributed by atoms with E-state index >= 15 is 0 Å². The van der Waals surface area contributed by atoms with E-state index in [1.165, 1.54) is 10.5 Å². The second-order valence-corrected chi connectivity index (χ2v) is 12.3. The van der Waals surface area contributed by atoms with Crippen molar-refractivity contribution in [2.75, 3.05) is 0 Å². The zero-order chi connectivity index (χ0) is 25.1. The molecule has 11 heteroatoms. The average molecular weight is 581 g/mol. The molecule has 2 N–H and O–H groups in total. The molecule has 0 radical (unpaired) electrons. The average Bonchev–Trinajstić information content (AvgIpc) is 2.76. The quantitative estimate of drug-likeness (QED) is 0.368. The van der Waals surface area contributed by atoms with Gasteiger partial charge in [-0.1, -0.05) is 0 Å². The van der Waals surface area contributed by atoms with Gasteiger partial charge < -0.3 is 10.2 Å². The van der Waals surface area contributed by atoms with Crippen LogP contribution in [0.3, 0.4) is 0 Å². The van der Waals surface area contributed by atoms with Crippen LogP contribution in [-0.2, 0) is 9.59 Å². The first-order valence-corrected chi connectivity index (χ1v) is 12.7. The zero-order valence-electron chi connectivity index (χ0n) is 16.6. The summed E-state index contributed by atoms with van der Waals surface area (Å²) in [7, 11) is 0. The van der Waals surface area contributed by atoms with Crippen LogP contribution in [0, 0.1) is 0 Å². The fraction of sp³-hybridized carbons (Fsp3) is 0.0909. The number of hydrogen-bond acceptors (Lipinski definition) is 2. The summed E-state index contributed by atoms with van der Waals surface area (Å²) in [6.07, 6.45) is -10.2. The van der Waals surface area contributed by atoms with Crippen molar-refractivity contribution < 1.29 is 46.1 Å². The van der Waals surface area contributed by atoms with Gasteiger partial charge in [-0.15, -0.1) is 0 Å². The molecule has 33 heavy (non-hydrogen) atoms. The van der Waals surface area contributed by atoms with Crippen molar-refractivity contribution >= 4 is 42.7 Å². The molecule has 0 heterocycles. The van der Waals surface area contributed by atoms with E-state index in [1.54, 1.807) is 0 Å². The van der Waals surface area contributed by atoms with Crippen LogP contribution in [0.1, 0.15) is 0 Å². The first-order chi connectivity index (χ1) is 15.3. The fourth-order valence-corrected chi connectivity index (χ4v) is 8.76. The molecular formula is C22H17F6O4Sb. The Morgan fingerprint density at radius 1 is 0.515 bits per heavy atom. The van der Waals surface area contributed by atoms with Crippen LogP contribution in [0.4, 0.5) is 26.3 Å². The number of alkyl halides is 6. The summed E-state index contributed by atoms with van der Waals surface area (Å²) in [6, 6.07) is 32.9. The van der Waals surface area contributed by atoms with Gasteiger partial charge in [0, 0.05) is 0 Å². The molecule has 0 saturated carbocycles. The fourth-order valence-electron chi connectivity index (χ4n) is 2.18. The molecule has 0 aliphatic carbocycles. The molecular weight excluding hydrogens is 564 g/mol. The predicted molar refractivity (Wildman–Crippen MR) is 111 cm³/mol. The van der Waals surface area contributed by atoms with Crippen molar-refractivity contribution in [1.29, 1.82) is 0 Å². The van der Waals surface area contributed by atoms with Crippen molar-refractivity contribution in [3.63, 3.8) is 0 Å². The maximum atomic E-state index is 10.6. The molecule has 0 fully saturated rings. The van der Waals surface area contributed by atoms with Crippen LogP contribution >= 0.6 is 0 Å². The number of aliphatic carboxylic acids is 2. The molecule has 4 nitrogen and oxygen atoms in total. The molecule has 0 spiro atoms. The minimum atomic E-state index is -5.08. The Bertz CT molecular complexity index is 876. The third kappa shape index (κ3) is 10.4. The Kier molecular flexibility index (Phi) is 10.9. The van der Waals surface area contributed by atoms with Gasteiger partial charge in [0.1, 0.15) is 0 Å². The number of hydrogen-bond donors (Lipinski definition) is 2. The topological polar surface area (TPSA) is 74.6 Å². The Balaban J connectivity index is 0.000000324. The van der Waals surface area contributed by atoms with E-state index in [0.717, 1.165) is 0 Å². The van der Waals surface area contributed by atoms with E-state index in [1.807, 2.05) is 0 Å². The van der Waals surface area contributed by atoms with E-state index in [2.05, 4.69) is 91.0 Å². The number of carboxylic acid groups (broad SMARTS) is 2. The molecule has 3 aromatic carbocycles. The second kappa shape index (κ2) is 12.9. The predicted octanol–water partition coefficient (Wildman–Crippen LogP) is 3.47. The van der Waals surface area contributed by atoms with E-state index in [0.29, 0.717) is 0 Å². The molecule has 3 aromatic rings. The van der Waals surface area contributed by atoms with Gasteiger partial charge in [0.25, 0.3) is 0 Å². The molecule has 0 aliphatic rings. The molecule has 0 aromatic heterocycles. The Morgan fingerprint density at radius 2 is 0.697 bits per heavy atom. The summed E-state index contributed by atoms with van der Waals surface area (Å²) in [4.78, 5) is 17.8. The van der Waals surface area contributed by atoms with Crippen molar-refractivity contribution in [2.24, 2.45) is 0 Å². The Hall–Kier alpha value is -3.00. The monoisotopic (exact) mass is 580 g/mol. The van der Waals surface area contributed by atoms with Crippen molar-refractivity contribution in [2.45, 2.75) is 12.4 Å². The Labute approximate surface area is 192 Å². The number of carbonyl (C=O) groups is 2. The molecule has 0 saturated heterocycles. The van der Waals surface area contributed by atoms with E-state index in [4.69, 9.17) is 19.8 Å². The van der Waals surface area contributed by atoms with Gasteiger partial charge in [-0.25, -0.2) is 9.59 Å². The van der Waals surface area contributed by atoms with E-state index < -0.39 is 44.5 Å². The molecule has 0 amide bonds. The first kappa shape index (κ1) is 28.0. The number of benzene rings is 3. The van der Waals surface area contributed by atoms with Gasteiger partial charge in [0.2, 0.25) is 0 Å². The minimum absolute atomic E-state index is 1.52. The molecule has 0 atom stereocenters. The van der Waals surface area contributed by atoms with Gasteiger partial charge in [-0.05, 0) is 0 Å². The SMILES string of the molecule is O=C(O)C(F)(F)F.O=C(O)C(F)(F)F.c1cc[c]([Sb]([c]2ccccc2)[c]2ccccc2)cc1. The number of rotatable bonds is 3. The zero-order valence-corrected chi connectivity index (χ0v) is 19.1. The van der Waals surface area contributed by atoms with Gasteiger partial charge in [0.05, 0.1) is 0 Å². The van der Waals surface area contributed by atoms with E-state index in [-0.39, 0.29) is 0 Å². The van der Waals surface area contributed by atoms with Crippen molar-refractivity contribution in [3.05, 3.63) is 91.0 Å². The standard InChI is InChI=1S/3C6H5.2C2HF3O2.Sb/c3*1-2-4-6-5-3-1;2*3-2(4,5)1(6)7;/h3*1-5H;2*(H,6,7);. The molecule has 0 unspecified atom stereocenters. The van der Waals surface area contributed by atoms with Crippen LogP contribution in [0.2, 0.25) is 0 Å². The van der Waals surface area contributed by atoms with Gasteiger partial charge >= 0.3 is 146 Å². The van der Waals surface area contributed by atoms with Crippen LogP contribution in [-0.4, -0.2) is 54.7 Å². The van der Waals surface area contributed by atoms with Gasteiger partial charge in [-0.2, -0.15) is 26.3 Å². The molecule has 0 bridgehead atoms. The van der Waals surface area contributed by atoms with Crippen LogP contribution in [0.25, 0.3) is 0 Å². The Morgan fingerprint density at radius 3 is 0.848 bits per heavy atom. The number of halogens is 6. The summed E-state index contributed by atoms with van der Waals surface area (Å²) in [6.45, 7) is 0. The molecule has 176 valence electrons. The third-order valence-electron chi connectivity index (χ3n) is 3.53.